The highest BCUT2D eigenvalue weighted by Gasteiger charge is 2.16. The largest absolute Gasteiger partial charge is 0.311 e. The van der Waals surface area contributed by atoms with Crippen LogP contribution >= 0.6 is 0 Å². The number of rotatable bonds is 5. The van der Waals surface area contributed by atoms with Crippen LogP contribution in [0.25, 0.3) is 0 Å². The van der Waals surface area contributed by atoms with Gasteiger partial charge in [-0.15, -0.1) is 0 Å². The zero-order valence-electron chi connectivity index (χ0n) is 9.52. The first-order valence-corrected chi connectivity index (χ1v) is 4.93. The molecular weight excluding hydrogens is 162 g/mol. The molecule has 1 atom stereocenters. The molecule has 0 saturated carbocycles. The molecule has 0 aliphatic carbocycles. The molecule has 0 aromatic carbocycles. The van der Waals surface area contributed by atoms with Gasteiger partial charge in [0.05, 0.1) is 6.54 Å². The quantitative estimate of drug-likeness (QED) is 0.636. The van der Waals surface area contributed by atoms with Crippen molar-refractivity contribution in [3.05, 3.63) is 0 Å². The van der Waals surface area contributed by atoms with Crippen molar-refractivity contribution in [2.75, 3.05) is 13.1 Å². The van der Waals surface area contributed by atoms with Crippen LogP contribution in [0.3, 0.4) is 0 Å². The van der Waals surface area contributed by atoms with Gasteiger partial charge in [-0.05, 0) is 11.3 Å². The van der Waals surface area contributed by atoms with Crippen LogP contribution in [-0.4, -0.2) is 19.1 Å². The molecule has 0 bridgehead atoms. The van der Waals surface area contributed by atoms with E-state index in [2.05, 4.69) is 45.0 Å². The van der Waals surface area contributed by atoms with Gasteiger partial charge in [-0.3, -0.25) is 0 Å². The van der Waals surface area contributed by atoms with E-state index in [1.54, 1.807) is 0 Å². The first-order chi connectivity index (χ1) is 5.87. The maximum Gasteiger partial charge on any atom is 0.0752 e. The maximum absolute atomic E-state index is 6.85. The van der Waals surface area contributed by atoms with E-state index in [0.29, 0.717) is 23.9 Å². The van der Waals surface area contributed by atoms with Crippen molar-refractivity contribution in [2.24, 2.45) is 16.4 Å². The Hall–Kier alpha value is -0.440. The third kappa shape index (κ3) is 6.70. The van der Waals surface area contributed by atoms with E-state index in [4.69, 9.17) is 5.53 Å². The van der Waals surface area contributed by atoms with Crippen molar-refractivity contribution in [2.45, 2.75) is 40.7 Å². The van der Waals surface area contributed by atoms with Crippen LogP contribution in [0.1, 0.15) is 34.6 Å². The predicted molar refractivity (Wildman–Crippen MR) is 56.1 cm³/mol. The zero-order chi connectivity index (χ0) is 10.5. The van der Waals surface area contributed by atoms with E-state index in [9.17, 15) is 0 Å². The van der Waals surface area contributed by atoms with Crippen molar-refractivity contribution >= 4 is 0 Å². The molecule has 0 spiro atoms. The fourth-order valence-electron chi connectivity index (χ4n) is 1.05. The second-order valence-corrected chi connectivity index (χ2v) is 5.13. The normalized spacial score (nSPS) is 14.6. The van der Waals surface area contributed by atoms with Crippen molar-refractivity contribution < 1.29 is 0 Å². The molecule has 2 N–H and O–H groups in total. The molecule has 0 fully saturated rings. The molecule has 13 heavy (non-hydrogen) atoms. The molecule has 0 saturated heterocycles. The van der Waals surface area contributed by atoms with Crippen molar-refractivity contribution in [3.8, 4) is 0 Å². The Morgan fingerprint density at radius 1 is 1.31 bits per heavy atom. The number of nitrogens with zero attached hydrogens (tertiary/aromatic N) is 1. The third-order valence-corrected chi connectivity index (χ3v) is 1.99. The Morgan fingerprint density at radius 2 is 1.85 bits per heavy atom. The van der Waals surface area contributed by atoms with Crippen LogP contribution in [0.15, 0.2) is 5.11 Å². The molecule has 3 nitrogen and oxygen atoms in total. The van der Waals surface area contributed by atoms with Crippen molar-refractivity contribution in [3.63, 3.8) is 0 Å². The number of hydrogen-bond donors (Lipinski definition) is 2. The van der Waals surface area contributed by atoms with E-state index in [1.807, 2.05) is 0 Å². The average Bonchev–Trinajstić information content (AvgIpc) is 1.95. The first-order valence-electron chi connectivity index (χ1n) is 4.93. The van der Waals surface area contributed by atoms with E-state index in [0.717, 1.165) is 6.54 Å². The summed E-state index contributed by atoms with van der Waals surface area (Å²) in [4.78, 5) is 0. The Balaban J connectivity index is 3.89. The number of hydrogen-bond acceptors (Lipinski definition) is 3. The summed E-state index contributed by atoms with van der Waals surface area (Å²) in [6.45, 7) is 12.5. The molecule has 0 aromatic rings. The lowest BCUT2D eigenvalue weighted by atomic mass is 9.95. The molecule has 0 aromatic heterocycles. The summed E-state index contributed by atoms with van der Waals surface area (Å²) in [7, 11) is 0. The van der Waals surface area contributed by atoms with E-state index in [1.165, 1.54) is 0 Å². The molecule has 0 aliphatic heterocycles. The molecule has 3 heteroatoms. The summed E-state index contributed by atoms with van der Waals surface area (Å²) in [6, 6.07) is 0.344. The van der Waals surface area contributed by atoms with Crippen LogP contribution in [-0.2, 0) is 0 Å². The van der Waals surface area contributed by atoms with E-state index < -0.39 is 0 Å². The summed E-state index contributed by atoms with van der Waals surface area (Å²) in [5.41, 5.74) is 7.15. The van der Waals surface area contributed by atoms with E-state index >= 15 is 0 Å². The van der Waals surface area contributed by atoms with Crippen LogP contribution in [0, 0.1) is 16.9 Å². The molecule has 0 rings (SSSR count). The fourth-order valence-corrected chi connectivity index (χ4v) is 1.05. The highest BCUT2D eigenvalue weighted by molar-refractivity contribution is 4.75. The number of nitrogens with one attached hydrogen (secondary N) is 2. The molecule has 0 aliphatic rings. The first kappa shape index (κ1) is 12.6. The Labute approximate surface area is 81.8 Å². The van der Waals surface area contributed by atoms with Crippen LogP contribution in [0.4, 0.5) is 0 Å². The minimum Gasteiger partial charge on any atom is -0.311 e. The molecule has 0 heterocycles. The van der Waals surface area contributed by atoms with Gasteiger partial charge in [-0.1, -0.05) is 34.6 Å². The van der Waals surface area contributed by atoms with Gasteiger partial charge in [0.2, 0.25) is 0 Å². The van der Waals surface area contributed by atoms with Gasteiger partial charge in [0.1, 0.15) is 0 Å². The van der Waals surface area contributed by atoms with Gasteiger partial charge in [0, 0.05) is 12.6 Å². The third-order valence-electron chi connectivity index (χ3n) is 1.99. The summed E-state index contributed by atoms with van der Waals surface area (Å²) >= 11 is 0. The van der Waals surface area contributed by atoms with Crippen molar-refractivity contribution in [1.29, 1.82) is 5.53 Å². The van der Waals surface area contributed by atoms with Crippen LogP contribution < -0.4 is 5.32 Å². The maximum atomic E-state index is 6.85. The van der Waals surface area contributed by atoms with Crippen LogP contribution in [0.2, 0.25) is 0 Å². The molecule has 1 unspecified atom stereocenters. The minimum absolute atomic E-state index is 0.301. The lowest BCUT2D eigenvalue weighted by Gasteiger charge is -2.25. The lowest BCUT2D eigenvalue weighted by molar-refractivity contribution is 0.316. The molecule has 78 valence electrons. The Bertz CT molecular complexity index is 147. The summed E-state index contributed by atoms with van der Waals surface area (Å²) in [5, 5.41) is 6.89. The lowest BCUT2D eigenvalue weighted by Crippen LogP contribution is -2.40. The van der Waals surface area contributed by atoms with Crippen LogP contribution in [0.5, 0.6) is 0 Å². The zero-order valence-corrected chi connectivity index (χ0v) is 9.52. The summed E-state index contributed by atoms with van der Waals surface area (Å²) in [5.74, 6) is 0.538. The topological polar surface area (TPSA) is 48.2 Å². The summed E-state index contributed by atoms with van der Waals surface area (Å²) < 4.78 is 0. The second kappa shape index (κ2) is 5.32. The Kier molecular flexibility index (Phi) is 5.14. The molecular formula is C10H23N3. The summed E-state index contributed by atoms with van der Waals surface area (Å²) in [6.07, 6.45) is 0. The van der Waals surface area contributed by atoms with Gasteiger partial charge in [-0.2, -0.15) is 5.11 Å². The SMILES string of the molecule is CC(C)C(CN=N)NCC(C)(C)C. The highest BCUT2D eigenvalue weighted by Crippen LogP contribution is 2.12. The minimum atomic E-state index is 0.301. The predicted octanol–water partition coefficient (Wildman–Crippen LogP) is 2.68. The van der Waals surface area contributed by atoms with Gasteiger partial charge < -0.3 is 5.32 Å². The van der Waals surface area contributed by atoms with Crippen molar-refractivity contribution in [1.82, 2.24) is 5.32 Å². The van der Waals surface area contributed by atoms with Gasteiger partial charge in [0.15, 0.2) is 0 Å². The van der Waals surface area contributed by atoms with E-state index in [-0.39, 0.29) is 0 Å². The molecule has 0 radical (unpaired) electrons. The van der Waals surface area contributed by atoms with Gasteiger partial charge >= 0.3 is 0 Å². The second-order valence-electron chi connectivity index (χ2n) is 5.13. The Morgan fingerprint density at radius 3 is 2.15 bits per heavy atom. The van der Waals surface area contributed by atoms with Gasteiger partial charge in [-0.25, -0.2) is 5.53 Å². The van der Waals surface area contributed by atoms with Gasteiger partial charge in [0.25, 0.3) is 0 Å². The average molecular weight is 185 g/mol. The fraction of sp³-hybridized carbons (Fsp3) is 1.00. The molecule has 0 amide bonds. The smallest absolute Gasteiger partial charge is 0.0752 e. The standard InChI is InChI=1S/C10H23N3/c1-8(2)9(6-13-11)12-7-10(3,4)5/h8-9,11-12H,6-7H2,1-5H3. The monoisotopic (exact) mass is 185 g/mol. The highest BCUT2D eigenvalue weighted by atomic mass is 15.0.